The minimum Gasteiger partial charge on any atom is -0.341 e. The molecule has 0 saturated carbocycles. The van der Waals surface area contributed by atoms with Gasteiger partial charge < -0.3 is 4.90 Å². The van der Waals surface area contributed by atoms with Crippen LogP contribution in [-0.4, -0.2) is 41.6 Å². The molecule has 0 bridgehead atoms. The fourth-order valence-electron chi connectivity index (χ4n) is 1.91. The molecule has 1 unspecified atom stereocenters. The van der Waals surface area contributed by atoms with E-state index in [2.05, 4.69) is 33.0 Å². The number of carbonyl (C=O) groups is 1. The van der Waals surface area contributed by atoms with E-state index in [9.17, 15) is 4.79 Å². The van der Waals surface area contributed by atoms with Gasteiger partial charge in [0.2, 0.25) is 5.91 Å². The molecule has 0 radical (unpaired) electrons. The third-order valence-corrected chi connectivity index (χ3v) is 3.44. The van der Waals surface area contributed by atoms with Crippen LogP contribution in [0, 0.1) is 11.8 Å². The molecule has 0 aromatic heterocycles. The van der Waals surface area contributed by atoms with E-state index in [1.54, 1.807) is 0 Å². The van der Waals surface area contributed by atoms with E-state index in [4.69, 9.17) is 0 Å². The van der Waals surface area contributed by atoms with E-state index in [1.165, 1.54) is 0 Å². The van der Waals surface area contributed by atoms with Gasteiger partial charge in [0, 0.05) is 24.7 Å². The van der Waals surface area contributed by atoms with Gasteiger partial charge in [0.15, 0.2) is 0 Å². The Bertz CT molecular complexity index is 215. The molecule has 0 aromatic rings. The van der Waals surface area contributed by atoms with Gasteiger partial charge in [0.1, 0.15) is 0 Å². The van der Waals surface area contributed by atoms with Crippen molar-refractivity contribution in [2.75, 3.05) is 24.7 Å². The van der Waals surface area contributed by atoms with Gasteiger partial charge in [-0.15, -0.1) is 11.8 Å². The second-order valence-electron chi connectivity index (χ2n) is 5.30. The van der Waals surface area contributed by atoms with Crippen molar-refractivity contribution in [3.8, 4) is 0 Å². The average molecular weight is 244 g/mol. The third-order valence-electron chi connectivity index (χ3n) is 2.50. The highest BCUT2D eigenvalue weighted by atomic mass is 32.2. The summed E-state index contributed by atoms with van der Waals surface area (Å²) in [5.74, 6) is 3.19. The van der Waals surface area contributed by atoms with Crippen LogP contribution in [0.3, 0.4) is 0 Å². The first-order valence-electron chi connectivity index (χ1n) is 6.10. The van der Waals surface area contributed by atoms with E-state index >= 15 is 0 Å². The molecule has 4 heteroatoms. The van der Waals surface area contributed by atoms with Crippen LogP contribution in [0.4, 0.5) is 0 Å². The fourth-order valence-corrected chi connectivity index (χ4v) is 2.84. The van der Waals surface area contributed by atoms with Gasteiger partial charge >= 0.3 is 0 Å². The number of hydrogen-bond donors (Lipinski definition) is 1. The number of nitrogens with one attached hydrogen (secondary N) is 1. The van der Waals surface area contributed by atoms with E-state index in [0.717, 1.165) is 24.7 Å². The van der Waals surface area contributed by atoms with Gasteiger partial charge in [-0.3, -0.25) is 10.1 Å². The van der Waals surface area contributed by atoms with Crippen LogP contribution in [0.25, 0.3) is 0 Å². The first kappa shape index (κ1) is 13.8. The lowest BCUT2D eigenvalue weighted by Gasteiger charge is -2.28. The molecular formula is C12H24N2OS. The Morgan fingerprint density at radius 3 is 2.25 bits per heavy atom. The van der Waals surface area contributed by atoms with Crippen LogP contribution in [0.2, 0.25) is 0 Å². The normalized spacial score (nSPS) is 20.8. The molecule has 16 heavy (non-hydrogen) atoms. The van der Waals surface area contributed by atoms with Gasteiger partial charge in [-0.1, -0.05) is 27.7 Å². The zero-order valence-electron chi connectivity index (χ0n) is 10.8. The molecule has 1 aliphatic heterocycles. The van der Waals surface area contributed by atoms with Crippen LogP contribution in [-0.2, 0) is 4.79 Å². The predicted molar refractivity (Wildman–Crippen MR) is 70.5 cm³/mol. The molecule has 3 nitrogen and oxygen atoms in total. The van der Waals surface area contributed by atoms with Gasteiger partial charge in [0.25, 0.3) is 0 Å². The maximum Gasteiger partial charge on any atom is 0.240 e. The molecule has 0 aromatic carbocycles. The average Bonchev–Trinajstić information content (AvgIpc) is 2.66. The Kier molecular flexibility index (Phi) is 5.62. The molecule has 1 heterocycles. The summed E-state index contributed by atoms with van der Waals surface area (Å²) in [6.45, 7) is 10.4. The SMILES string of the molecule is CC(C)CN(CC(C)C)C(=O)C1CSCN1. The highest BCUT2D eigenvalue weighted by molar-refractivity contribution is 7.99. The van der Waals surface area contributed by atoms with Crippen molar-refractivity contribution in [1.29, 1.82) is 0 Å². The zero-order valence-corrected chi connectivity index (χ0v) is 11.6. The summed E-state index contributed by atoms with van der Waals surface area (Å²) in [7, 11) is 0. The largest absolute Gasteiger partial charge is 0.341 e. The van der Waals surface area contributed by atoms with Gasteiger partial charge in [0.05, 0.1) is 6.04 Å². The standard InChI is InChI=1S/C12H24N2OS/c1-9(2)5-14(6-10(3)4)12(15)11-7-16-8-13-11/h9-11,13H,5-8H2,1-4H3. The molecule has 0 aliphatic carbocycles. The van der Waals surface area contributed by atoms with Crippen molar-refractivity contribution < 1.29 is 4.79 Å². The van der Waals surface area contributed by atoms with Gasteiger partial charge in [-0.05, 0) is 11.8 Å². The fraction of sp³-hybridized carbons (Fsp3) is 0.917. The molecular weight excluding hydrogens is 220 g/mol. The van der Waals surface area contributed by atoms with Crippen molar-refractivity contribution in [2.24, 2.45) is 11.8 Å². The minimum absolute atomic E-state index is 0.0440. The lowest BCUT2D eigenvalue weighted by atomic mass is 10.1. The van der Waals surface area contributed by atoms with Crippen molar-refractivity contribution in [2.45, 2.75) is 33.7 Å². The number of hydrogen-bond acceptors (Lipinski definition) is 3. The molecule has 0 spiro atoms. The lowest BCUT2D eigenvalue weighted by Crippen LogP contribution is -2.47. The van der Waals surface area contributed by atoms with E-state index < -0.39 is 0 Å². The number of nitrogens with zero attached hydrogens (tertiary/aromatic N) is 1. The van der Waals surface area contributed by atoms with Gasteiger partial charge in [-0.25, -0.2) is 0 Å². The zero-order chi connectivity index (χ0) is 12.1. The van der Waals surface area contributed by atoms with Crippen molar-refractivity contribution in [3.63, 3.8) is 0 Å². The Morgan fingerprint density at radius 2 is 1.88 bits per heavy atom. The summed E-state index contributed by atoms with van der Waals surface area (Å²) < 4.78 is 0. The van der Waals surface area contributed by atoms with E-state index in [-0.39, 0.29) is 11.9 Å². The summed E-state index contributed by atoms with van der Waals surface area (Å²) >= 11 is 1.81. The first-order chi connectivity index (χ1) is 7.50. The van der Waals surface area contributed by atoms with Crippen LogP contribution in [0.1, 0.15) is 27.7 Å². The molecule has 1 fully saturated rings. The molecule has 1 saturated heterocycles. The Balaban J connectivity index is 2.55. The molecule has 1 atom stereocenters. The number of amides is 1. The quantitative estimate of drug-likeness (QED) is 0.800. The second kappa shape index (κ2) is 6.50. The number of rotatable bonds is 5. The summed E-state index contributed by atoms with van der Waals surface area (Å²) in [5.41, 5.74) is 0. The second-order valence-corrected chi connectivity index (χ2v) is 6.33. The molecule has 1 N–H and O–H groups in total. The Hall–Kier alpha value is -0.220. The summed E-state index contributed by atoms with van der Waals surface area (Å²) in [6, 6.07) is 0.0440. The minimum atomic E-state index is 0.0440. The van der Waals surface area contributed by atoms with Crippen LogP contribution in [0.15, 0.2) is 0 Å². The molecule has 1 amide bonds. The number of carbonyl (C=O) groups excluding carboxylic acids is 1. The molecule has 1 rings (SSSR count). The first-order valence-corrected chi connectivity index (χ1v) is 7.26. The highest BCUT2D eigenvalue weighted by Crippen LogP contribution is 2.14. The highest BCUT2D eigenvalue weighted by Gasteiger charge is 2.27. The van der Waals surface area contributed by atoms with Crippen LogP contribution < -0.4 is 5.32 Å². The lowest BCUT2D eigenvalue weighted by molar-refractivity contribution is -0.133. The maximum atomic E-state index is 12.3. The Labute approximate surface area is 103 Å². The van der Waals surface area contributed by atoms with Crippen LogP contribution in [0.5, 0.6) is 0 Å². The summed E-state index contributed by atoms with van der Waals surface area (Å²) in [4.78, 5) is 14.3. The van der Waals surface area contributed by atoms with E-state index in [0.29, 0.717) is 11.8 Å². The smallest absolute Gasteiger partial charge is 0.240 e. The van der Waals surface area contributed by atoms with Crippen LogP contribution >= 0.6 is 11.8 Å². The van der Waals surface area contributed by atoms with E-state index in [1.807, 2.05) is 16.7 Å². The predicted octanol–water partition coefficient (Wildman–Crippen LogP) is 1.79. The monoisotopic (exact) mass is 244 g/mol. The topological polar surface area (TPSA) is 32.3 Å². The summed E-state index contributed by atoms with van der Waals surface area (Å²) in [6.07, 6.45) is 0. The molecule has 1 aliphatic rings. The Morgan fingerprint density at radius 1 is 1.31 bits per heavy atom. The number of thioether (sulfide) groups is 1. The van der Waals surface area contributed by atoms with Gasteiger partial charge in [-0.2, -0.15) is 0 Å². The van der Waals surface area contributed by atoms with Crippen molar-refractivity contribution in [3.05, 3.63) is 0 Å². The molecule has 94 valence electrons. The maximum absolute atomic E-state index is 12.3. The van der Waals surface area contributed by atoms with Crippen molar-refractivity contribution >= 4 is 17.7 Å². The third kappa shape index (κ3) is 4.34. The summed E-state index contributed by atoms with van der Waals surface area (Å²) in [5, 5.41) is 3.26. The van der Waals surface area contributed by atoms with Crippen molar-refractivity contribution in [1.82, 2.24) is 10.2 Å².